The monoisotopic (exact) mass is 391 g/mol. The lowest BCUT2D eigenvalue weighted by Crippen LogP contribution is -2.41. The Labute approximate surface area is 169 Å². The lowest BCUT2D eigenvalue weighted by atomic mass is 10.1. The molecule has 0 saturated heterocycles. The Balaban J connectivity index is 1.44. The normalized spacial score (nSPS) is 18.7. The van der Waals surface area contributed by atoms with Crippen LogP contribution < -0.4 is 11.1 Å². The molecule has 4 rings (SSSR count). The molecule has 1 fully saturated rings. The zero-order valence-electron chi connectivity index (χ0n) is 16.4. The van der Waals surface area contributed by atoms with Crippen molar-refractivity contribution >= 4 is 11.7 Å². The first-order valence-corrected chi connectivity index (χ1v) is 9.81. The molecule has 1 aliphatic rings. The number of pyridine rings is 1. The number of anilines is 1. The van der Waals surface area contributed by atoms with Gasteiger partial charge in [-0.3, -0.25) is 9.48 Å². The van der Waals surface area contributed by atoms with Gasteiger partial charge in [0.25, 0.3) is 5.91 Å². The molecule has 1 aliphatic carbocycles. The minimum Gasteiger partial charge on any atom is -0.383 e. The Morgan fingerprint density at radius 1 is 1.24 bits per heavy atom. The largest absolute Gasteiger partial charge is 0.383 e. The van der Waals surface area contributed by atoms with Crippen LogP contribution in [-0.2, 0) is 18.4 Å². The van der Waals surface area contributed by atoms with Gasteiger partial charge >= 0.3 is 0 Å². The Hall–Kier alpha value is -3.19. The average Bonchev–Trinajstić information content (AvgIpc) is 3.36. The molecule has 0 bridgehead atoms. The number of amides is 1. The molecular weight excluding hydrogens is 366 g/mol. The number of carbonyl (C=O) groups is 1. The quantitative estimate of drug-likeness (QED) is 0.674. The Morgan fingerprint density at radius 3 is 2.83 bits per heavy atom. The van der Waals surface area contributed by atoms with Crippen LogP contribution in [0.25, 0.3) is 11.1 Å². The highest BCUT2D eigenvalue weighted by atomic mass is 16.5. The van der Waals surface area contributed by atoms with Gasteiger partial charge in [-0.1, -0.05) is 30.3 Å². The standard InChI is InChI=1S/C22H25N5O2/c1-27-13-17(12-25-27)16-10-18(21(23)24-11-16)22(28)26-19-8-5-9-20(19)29-14-15-6-3-2-4-7-15/h2-4,6-7,10-13,19-20H,5,8-9,14H2,1H3,(H2,23,24)(H,26,28)/t19-,20-/m0/s1. The predicted molar refractivity (Wildman–Crippen MR) is 111 cm³/mol. The van der Waals surface area contributed by atoms with Crippen molar-refractivity contribution in [3.05, 3.63) is 66.1 Å². The number of nitrogen functional groups attached to an aromatic ring is 1. The van der Waals surface area contributed by atoms with Gasteiger partial charge in [-0.2, -0.15) is 5.10 Å². The van der Waals surface area contributed by atoms with E-state index in [4.69, 9.17) is 10.5 Å². The fourth-order valence-corrected chi connectivity index (χ4v) is 3.70. The van der Waals surface area contributed by atoms with Crippen LogP contribution in [0.5, 0.6) is 0 Å². The first-order chi connectivity index (χ1) is 14.1. The minimum absolute atomic E-state index is 0.00477. The topological polar surface area (TPSA) is 95.1 Å². The number of carbonyl (C=O) groups excluding carboxylic acids is 1. The van der Waals surface area contributed by atoms with Gasteiger partial charge in [-0.25, -0.2) is 4.98 Å². The van der Waals surface area contributed by atoms with Gasteiger partial charge in [0, 0.05) is 30.6 Å². The van der Waals surface area contributed by atoms with E-state index in [1.54, 1.807) is 23.1 Å². The number of nitrogens with zero attached hydrogens (tertiary/aromatic N) is 3. The van der Waals surface area contributed by atoms with Gasteiger partial charge in [0.1, 0.15) is 5.82 Å². The predicted octanol–water partition coefficient (Wildman–Crippen LogP) is 2.93. The number of aromatic nitrogens is 3. The van der Waals surface area contributed by atoms with Crippen molar-refractivity contribution < 1.29 is 9.53 Å². The van der Waals surface area contributed by atoms with E-state index in [-0.39, 0.29) is 23.9 Å². The summed E-state index contributed by atoms with van der Waals surface area (Å²) in [5, 5.41) is 7.27. The molecule has 7 nitrogen and oxygen atoms in total. The number of nitrogens with one attached hydrogen (secondary N) is 1. The number of benzene rings is 1. The van der Waals surface area contributed by atoms with Crippen molar-refractivity contribution in [3.8, 4) is 11.1 Å². The maximum absolute atomic E-state index is 12.9. The van der Waals surface area contributed by atoms with Crippen molar-refractivity contribution in [2.75, 3.05) is 5.73 Å². The maximum atomic E-state index is 12.9. The molecule has 1 aromatic carbocycles. The number of ether oxygens (including phenoxy) is 1. The fraction of sp³-hybridized carbons (Fsp3) is 0.318. The van der Waals surface area contributed by atoms with E-state index in [0.717, 1.165) is 36.0 Å². The number of hydrogen-bond donors (Lipinski definition) is 2. The van der Waals surface area contributed by atoms with Gasteiger partial charge in [0.15, 0.2) is 0 Å². The van der Waals surface area contributed by atoms with E-state index < -0.39 is 0 Å². The molecule has 2 heterocycles. The lowest BCUT2D eigenvalue weighted by Gasteiger charge is -2.22. The summed E-state index contributed by atoms with van der Waals surface area (Å²) >= 11 is 0. The second kappa shape index (κ2) is 8.45. The van der Waals surface area contributed by atoms with Gasteiger partial charge in [0.05, 0.1) is 30.5 Å². The summed E-state index contributed by atoms with van der Waals surface area (Å²) < 4.78 is 7.80. The Bertz CT molecular complexity index is 986. The Kier molecular flexibility index (Phi) is 5.57. The smallest absolute Gasteiger partial charge is 0.255 e. The summed E-state index contributed by atoms with van der Waals surface area (Å²) in [5.74, 6) is -0.00385. The summed E-state index contributed by atoms with van der Waals surface area (Å²) in [4.78, 5) is 17.1. The first kappa shape index (κ1) is 19.1. The second-order valence-corrected chi connectivity index (χ2v) is 7.41. The summed E-state index contributed by atoms with van der Waals surface area (Å²) in [6, 6.07) is 11.8. The molecule has 7 heteroatoms. The van der Waals surface area contributed by atoms with E-state index in [9.17, 15) is 4.79 Å². The van der Waals surface area contributed by atoms with Gasteiger partial charge < -0.3 is 15.8 Å². The minimum atomic E-state index is -0.221. The van der Waals surface area contributed by atoms with Crippen molar-refractivity contribution in [3.63, 3.8) is 0 Å². The zero-order valence-corrected chi connectivity index (χ0v) is 16.4. The molecule has 1 amide bonds. The zero-order chi connectivity index (χ0) is 20.2. The number of nitrogens with two attached hydrogens (primary N) is 1. The molecule has 150 valence electrons. The van der Waals surface area contributed by atoms with Gasteiger partial charge in [-0.15, -0.1) is 0 Å². The summed E-state index contributed by atoms with van der Waals surface area (Å²) in [5.41, 5.74) is 9.19. The van der Waals surface area contributed by atoms with Crippen molar-refractivity contribution in [1.29, 1.82) is 0 Å². The van der Waals surface area contributed by atoms with Crippen molar-refractivity contribution in [2.24, 2.45) is 7.05 Å². The average molecular weight is 391 g/mol. The van der Waals surface area contributed by atoms with E-state index in [2.05, 4.69) is 15.4 Å². The Morgan fingerprint density at radius 2 is 2.07 bits per heavy atom. The molecule has 0 aliphatic heterocycles. The van der Waals surface area contributed by atoms with E-state index in [1.165, 1.54) is 0 Å². The first-order valence-electron chi connectivity index (χ1n) is 9.81. The third-order valence-corrected chi connectivity index (χ3v) is 5.28. The molecule has 0 unspecified atom stereocenters. The third-order valence-electron chi connectivity index (χ3n) is 5.28. The van der Waals surface area contributed by atoms with Gasteiger partial charge in [0.2, 0.25) is 0 Å². The highest BCUT2D eigenvalue weighted by Crippen LogP contribution is 2.25. The molecule has 3 aromatic rings. The molecule has 2 atom stereocenters. The fourth-order valence-electron chi connectivity index (χ4n) is 3.70. The highest BCUT2D eigenvalue weighted by molar-refractivity contribution is 5.99. The molecular formula is C22H25N5O2. The SMILES string of the molecule is Cn1cc(-c2cnc(N)c(C(=O)N[C@H]3CCC[C@@H]3OCc3ccccc3)c2)cn1. The molecule has 0 spiro atoms. The van der Waals surface area contributed by atoms with Crippen LogP contribution in [0.1, 0.15) is 35.2 Å². The summed E-state index contributed by atoms with van der Waals surface area (Å²) in [7, 11) is 1.84. The van der Waals surface area contributed by atoms with Crippen LogP contribution in [0.4, 0.5) is 5.82 Å². The van der Waals surface area contributed by atoms with Crippen LogP contribution in [0, 0.1) is 0 Å². The number of aryl methyl sites for hydroxylation is 1. The molecule has 29 heavy (non-hydrogen) atoms. The summed E-state index contributed by atoms with van der Waals surface area (Å²) in [6.07, 6.45) is 8.11. The van der Waals surface area contributed by atoms with Crippen LogP contribution in [0.2, 0.25) is 0 Å². The molecule has 3 N–H and O–H groups in total. The van der Waals surface area contributed by atoms with E-state index in [1.807, 2.05) is 43.6 Å². The summed E-state index contributed by atoms with van der Waals surface area (Å²) in [6.45, 7) is 0.540. The molecule has 1 saturated carbocycles. The maximum Gasteiger partial charge on any atom is 0.255 e. The van der Waals surface area contributed by atoms with Gasteiger partial charge in [-0.05, 0) is 30.9 Å². The molecule has 2 aromatic heterocycles. The van der Waals surface area contributed by atoms with Crippen LogP contribution in [-0.4, -0.2) is 32.8 Å². The van der Waals surface area contributed by atoms with Crippen molar-refractivity contribution in [2.45, 2.75) is 38.0 Å². The number of rotatable bonds is 6. The van der Waals surface area contributed by atoms with E-state index in [0.29, 0.717) is 12.2 Å². The van der Waals surface area contributed by atoms with Crippen LogP contribution >= 0.6 is 0 Å². The van der Waals surface area contributed by atoms with Crippen LogP contribution in [0.15, 0.2) is 55.0 Å². The lowest BCUT2D eigenvalue weighted by molar-refractivity contribution is 0.0272. The van der Waals surface area contributed by atoms with Crippen LogP contribution in [0.3, 0.4) is 0 Å². The molecule has 0 radical (unpaired) electrons. The second-order valence-electron chi connectivity index (χ2n) is 7.41. The third kappa shape index (κ3) is 4.46. The van der Waals surface area contributed by atoms with Crippen molar-refractivity contribution in [1.82, 2.24) is 20.1 Å². The highest BCUT2D eigenvalue weighted by Gasteiger charge is 2.30. The number of hydrogen-bond acceptors (Lipinski definition) is 5. The van der Waals surface area contributed by atoms with E-state index >= 15 is 0 Å².